The third-order valence-corrected chi connectivity index (χ3v) is 7.85. The molecule has 3 saturated carbocycles. The van der Waals surface area contributed by atoms with Crippen molar-refractivity contribution in [2.45, 2.75) is 82.5 Å². The maximum Gasteiger partial charge on any atom is 0.315 e. The Hall–Kier alpha value is -2.34. The van der Waals surface area contributed by atoms with Crippen molar-refractivity contribution in [1.29, 1.82) is 0 Å². The number of hydrogen-bond acceptors (Lipinski definition) is 3. The molecule has 30 heavy (non-hydrogen) atoms. The smallest absolute Gasteiger partial charge is 0.315 e. The van der Waals surface area contributed by atoms with Gasteiger partial charge in [0.05, 0.1) is 30.4 Å². The number of nitrogens with zero attached hydrogens (tertiary/aromatic N) is 2. The van der Waals surface area contributed by atoms with Crippen molar-refractivity contribution in [2.75, 3.05) is 0 Å². The topological polar surface area (TPSA) is 79.2 Å². The molecule has 2 amide bonds. The summed E-state index contributed by atoms with van der Waals surface area (Å²) in [6.45, 7) is 3.96. The summed E-state index contributed by atoms with van der Waals surface area (Å²) in [5.41, 5.74) is 3.54. The summed E-state index contributed by atoms with van der Waals surface area (Å²) in [5.74, 6) is 0. The molecule has 0 radical (unpaired) electrons. The number of aliphatic hydroxyl groups is 1. The van der Waals surface area contributed by atoms with Crippen molar-refractivity contribution in [3.63, 3.8) is 0 Å². The number of fused-ring (bicyclic) bond motifs is 6. The fourth-order valence-corrected chi connectivity index (χ4v) is 6.08. The van der Waals surface area contributed by atoms with Gasteiger partial charge < -0.3 is 20.3 Å². The molecule has 6 rings (SSSR count). The number of amides is 2. The average Bonchev–Trinajstić information content (AvgIpc) is 3.31. The monoisotopic (exact) mass is 408 g/mol. The Bertz CT molecular complexity index is 926. The van der Waals surface area contributed by atoms with Gasteiger partial charge in [-0.2, -0.15) is 0 Å². The summed E-state index contributed by atoms with van der Waals surface area (Å²) >= 11 is 0. The Morgan fingerprint density at radius 3 is 2.60 bits per heavy atom. The van der Waals surface area contributed by atoms with Gasteiger partial charge in [0.25, 0.3) is 0 Å². The van der Waals surface area contributed by atoms with E-state index in [2.05, 4.69) is 44.5 Å². The van der Waals surface area contributed by atoms with Crippen molar-refractivity contribution < 1.29 is 9.90 Å². The Kier molecular flexibility index (Phi) is 4.65. The lowest BCUT2D eigenvalue weighted by Crippen LogP contribution is -2.61. The molecule has 2 aromatic rings. The van der Waals surface area contributed by atoms with Crippen LogP contribution >= 0.6 is 0 Å². The third-order valence-electron chi connectivity index (χ3n) is 7.85. The lowest BCUT2D eigenvalue weighted by atomic mass is 9.54. The van der Waals surface area contributed by atoms with Gasteiger partial charge in [0.15, 0.2) is 0 Å². The summed E-state index contributed by atoms with van der Waals surface area (Å²) in [6, 6.07) is 8.70. The standard InChI is InChI=1S/C24H32N4O2/c1-16(2)26-22(30)27-24-10-7-23(8-11-24,9-12-24)21(29)13-19-17-5-3-4-6-18(17)20-14-25-15-28(19)20/h3-6,14-16,19,21,29H,7-13H2,1-2H3,(H2,26,27,30). The first-order chi connectivity index (χ1) is 14.4. The molecule has 3 fully saturated rings. The number of carbonyl (C=O) groups is 1. The molecule has 6 heteroatoms. The van der Waals surface area contributed by atoms with Crippen LogP contribution in [0.1, 0.15) is 70.4 Å². The zero-order valence-corrected chi connectivity index (χ0v) is 17.9. The fourth-order valence-electron chi connectivity index (χ4n) is 6.08. The van der Waals surface area contributed by atoms with Crippen LogP contribution in [0.15, 0.2) is 36.8 Å². The van der Waals surface area contributed by atoms with Crippen molar-refractivity contribution >= 4 is 6.03 Å². The highest BCUT2D eigenvalue weighted by Gasteiger charge is 2.53. The number of aromatic nitrogens is 2. The molecule has 1 aromatic heterocycles. The Morgan fingerprint density at radius 1 is 1.20 bits per heavy atom. The van der Waals surface area contributed by atoms with Crippen molar-refractivity contribution in [2.24, 2.45) is 5.41 Å². The van der Waals surface area contributed by atoms with Crippen molar-refractivity contribution in [1.82, 2.24) is 20.2 Å². The average molecular weight is 409 g/mol. The lowest BCUT2D eigenvalue weighted by molar-refractivity contribution is -0.0735. The zero-order valence-electron chi connectivity index (χ0n) is 17.9. The van der Waals surface area contributed by atoms with Crippen molar-refractivity contribution in [3.05, 3.63) is 42.4 Å². The maximum absolute atomic E-state index is 12.3. The minimum Gasteiger partial charge on any atom is -0.392 e. The van der Waals surface area contributed by atoms with Gasteiger partial charge in [0.1, 0.15) is 0 Å². The van der Waals surface area contributed by atoms with E-state index in [9.17, 15) is 9.90 Å². The number of benzene rings is 1. The molecule has 3 aliphatic carbocycles. The first-order valence-electron chi connectivity index (χ1n) is 11.3. The van der Waals surface area contributed by atoms with Crippen LogP contribution in [-0.2, 0) is 0 Å². The molecular formula is C24H32N4O2. The van der Waals surface area contributed by atoms with Gasteiger partial charge in [-0.3, -0.25) is 0 Å². The van der Waals surface area contributed by atoms with Gasteiger partial charge in [0, 0.05) is 17.1 Å². The molecule has 2 heterocycles. The van der Waals surface area contributed by atoms with Crippen LogP contribution in [-0.4, -0.2) is 38.4 Å². The molecule has 0 spiro atoms. The van der Waals surface area contributed by atoms with Crippen LogP contribution in [0, 0.1) is 5.41 Å². The van der Waals surface area contributed by atoms with Gasteiger partial charge in [-0.1, -0.05) is 24.3 Å². The van der Waals surface area contributed by atoms with Crippen LogP contribution in [0.5, 0.6) is 0 Å². The van der Waals surface area contributed by atoms with E-state index in [4.69, 9.17) is 0 Å². The molecule has 2 atom stereocenters. The summed E-state index contributed by atoms with van der Waals surface area (Å²) in [5, 5.41) is 17.7. The quantitative estimate of drug-likeness (QED) is 0.700. The highest BCUT2D eigenvalue weighted by molar-refractivity contribution is 5.75. The van der Waals surface area contributed by atoms with Gasteiger partial charge in [-0.05, 0) is 69.8 Å². The molecule has 4 aliphatic rings. The number of urea groups is 1. The van der Waals surface area contributed by atoms with Crippen molar-refractivity contribution in [3.8, 4) is 11.3 Å². The SMILES string of the molecule is CC(C)NC(=O)NC12CCC(C(O)CC3c4ccccc4-c4cncn43)(CC1)CC2. The number of imidazole rings is 1. The zero-order chi connectivity index (χ0) is 20.9. The maximum atomic E-state index is 12.3. The molecule has 1 aliphatic heterocycles. The van der Waals surface area contributed by atoms with E-state index in [0.29, 0.717) is 6.42 Å². The predicted molar refractivity (Wildman–Crippen MR) is 116 cm³/mol. The van der Waals surface area contributed by atoms with Gasteiger partial charge >= 0.3 is 6.03 Å². The fraction of sp³-hybridized carbons (Fsp3) is 0.583. The Balaban J connectivity index is 1.29. The number of nitrogens with one attached hydrogen (secondary N) is 2. The minimum absolute atomic E-state index is 0.0315. The van der Waals surface area contributed by atoms with Gasteiger partial charge in [-0.15, -0.1) is 0 Å². The van der Waals surface area contributed by atoms with E-state index in [1.807, 2.05) is 26.4 Å². The largest absolute Gasteiger partial charge is 0.392 e. The molecule has 6 nitrogen and oxygen atoms in total. The van der Waals surface area contributed by atoms with Crippen LogP contribution in [0.4, 0.5) is 4.79 Å². The van der Waals surface area contributed by atoms with E-state index >= 15 is 0 Å². The second-order valence-corrected chi connectivity index (χ2v) is 9.94. The second kappa shape index (κ2) is 7.12. The number of aliphatic hydroxyl groups excluding tert-OH is 1. The summed E-state index contributed by atoms with van der Waals surface area (Å²) in [6.07, 6.45) is 9.96. The summed E-state index contributed by atoms with van der Waals surface area (Å²) < 4.78 is 2.22. The van der Waals surface area contributed by atoms with E-state index in [1.54, 1.807) is 0 Å². The minimum atomic E-state index is -0.355. The van der Waals surface area contributed by atoms with Crippen LogP contribution < -0.4 is 10.6 Å². The molecule has 2 bridgehead atoms. The molecule has 1 aromatic carbocycles. The first kappa shape index (κ1) is 19.6. The first-order valence-corrected chi connectivity index (χ1v) is 11.3. The van der Waals surface area contributed by atoms with Crippen LogP contribution in [0.2, 0.25) is 0 Å². The van der Waals surface area contributed by atoms with E-state index in [1.165, 1.54) is 11.1 Å². The van der Waals surface area contributed by atoms with E-state index in [-0.39, 0.29) is 35.2 Å². The molecule has 3 N–H and O–H groups in total. The lowest BCUT2D eigenvalue weighted by Gasteiger charge is -2.55. The van der Waals surface area contributed by atoms with E-state index < -0.39 is 0 Å². The Labute approximate surface area is 178 Å². The third kappa shape index (κ3) is 3.13. The molecular weight excluding hydrogens is 376 g/mol. The molecule has 2 unspecified atom stereocenters. The highest BCUT2D eigenvalue weighted by atomic mass is 16.3. The number of rotatable bonds is 5. The van der Waals surface area contributed by atoms with E-state index in [0.717, 1.165) is 44.2 Å². The van der Waals surface area contributed by atoms with Crippen LogP contribution in [0.25, 0.3) is 11.3 Å². The highest BCUT2D eigenvalue weighted by Crippen LogP contribution is 2.56. The Morgan fingerprint density at radius 2 is 1.90 bits per heavy atom. The number of carbonyl (C=O) groups excluding carboxylic acids is 1. The van der Waals surface area contributed by atoms with Gasteiger partial charge in [0.2, 0.25) is 0 Å². The predicted octanol–water partition coefficient (Wildman–Crippen LogP) is 4.00. The normalized spacial score (nSPS) is 30.1. The molecule has 0 saturated heterocycles. The van der Waals surface area contributed by atoms with Crippen LogP contribution in [0.3, 0.4) is 0 Å². The summed E-state index contributed by atoms with van der Waals surface area (Å²) in [4.78, 5) is 16.6. The second-order valence-electron chi connectivity index (χ2n) is 9.94. The number of hydrogen-bond donors (Lipinski definition) is 3. The summed E-state index contributed by atoms with van der Waals surface area (Å²) in [7, 11) is 0. The molecule has 160 valence electrons. The van der Waals surface area contributed by atoms with Gasteiger partial charge in [-0.25, -0.2) is 9.78 Å².